The van der Waals surface area contributed by atoms with Gasteiger partial charge in [0.25, 0.3) is 0 Å². The summed E-state index contributed by atoms with van der Waals surface area (Å²) in [5.41, 5.74) is 4.94. The van der Waals surface area contributed by atoms with Gasteiger partial charge in [0.2, 0.25) is 0 Å². The molecule has 18 heavy (non-hydrogen) atoms. The van der Waals surface area contributed by atoms with Crippen LogP contribution < -0.4 is 11.1 Å². The van der Waals surface area contributed by atoms with Crippen LogP contribution in [-0.4, -0.2) is 19.2 Å². The zero-order valence-corrected chi connectivity index (χ0v) is 11.2. The molecule has 4 nitrogen and oxygen atoms in total. The van der Waals surface area contributed by atoms with Crippen LogP contribution in [0.2, 0.25) is 0 Å². The number of primary amides is 1. The molecule has 3 N–H and O–H groups in total. The summed E-state index contributed by atoms with van der Waals surface area (Å²) in [6.45, 7) is 0.992. The van der Waals surface area contributed by atoms with E-state index < -0.39 is 6.09 Å². The van der Waals surface area contributed by atoms with Gasteiger partial charge in [-0.1, -0.05) is 18.9 Å². The SMILES string of the molecule is NC(=O)OCCNC(c1cccs1)C1CCCC1. The molecular formula is C13H20N2O2S. The molecule has 1 atom stereocenters. The Labute approximate surface area is 112 Å². The van der Waals surface area contributed by atoms with Crippen LogP contribution >= 0.6 is 11.3 Å². The molecule has 1 aromatic heterocycles. The Morgan fingerprint density at radius 2 is 2.33 bits per heavy atom. The summed E-state index contributed by atoms with van der Waals surface area (Å²) in [5, 5.41) is 5.61. The predicted octanol–water partition coefficient (Wildman–Crippen LogP) is 2.66. The molecule has 1 aromatic rings. The third-order valence-corrected chi connectivity index (χ3v) is 4.39. The zero-order chi connectivity index (χ0) is 12.8. The molecular weight excluding hydrogens is 248 g/mol. The number of amides is 1. The molecule has 1 amide bonds. The van der Waals surface area contributed by atoms with E-state index in [1.165, 1.54) is 30.6 Å². The van der Waals surface area contributed by atoms with Crippen LogP contribution in [0.5, 0.6) is 0 Å². The zero-order valence-electron chi connectivity index (χ0n) is 10.4. The van der Waals surface area contributed by atoms with Gasteiger partial charge in [-0.15, -0.1) is 11.3 Å². The molecule has 0 aromatic carbocycles. The maximum Gasteiger partial charge on any atom is 0.404 e. The van der Waals surface area contributed by atoms with Gasteiger partial charge in [-0.05, 0) is 30.2 Å². The van der Waals surface area contributed by atoms with Crippen LogP contribution in [0.25, 0.3) is 0 Å². The highest BCUT2D eigenvalue weighted by Crippen LogP contribution is 2.37. The van der Waals surface area contributed by atoms with Crippen LogP contribution in [0.3, 0.4) is 0 Å². The van der Waals surface area contributed by atoms with Crippen molar-refractivity contribution in [2.75, 3.05) is 13.2 Å². The largest absolute Gasteiger partial charge is 0.448 e. The van der Waals surface area contributed by atoms with E-state index in [4.69, 9.17) is 10.5 Å². The lowest BCUT2D eigenvalue weighted by Crippen LogP contribution is -2.30. The average molecular weight is 268 g/mol. The van der Waals surface area contributed by atoms with E-state index in [1.807, 2.05) is 0 Å². The highest BCUT2D eigenvalue weighted by Gasteiger charge is 2.26. The van der Waals surface area contributed by atoms with Gasteiger partial charge in [0.15, 0.2) is 0 Å². The lowest BCUT2D eigenvalue weighted by atomic mass is 9.97. The number of hydrogen-bond acceptors (Lipinski definition) is 4. The van der Waals surface area contributed by atoms with E-state index in [-0.39, 0.29) is 0 Å². The maximum atomic E-state index is 10.5. The topological polar surface area (TPSA) is 64.4 Å². The number of carbonyl (C=O) groups is 1. The Morgan fingerprint density at radius 1 is 1.56 bits per heavy atom. The Hall–Kier alpha value is -1.07. The first-order valence-electron chi connectivity index (χ1n) is 6.46. The number of rotatable bonds is 6. The average Bonchev–Trinajstić information content (AvgIpc) is 3.01. The standard InChI is InChI=1S/C13H20N2O2S/c14-13(16)17-8-7-15-12(10-4-1-2-5-10)11-6-3-9-18-11/h3,6,9-10,12,15H,1-2,4-5,7-8H2,(H2,14,16). The normalized spacial score (nSPS) is 17.8. The van der Waals surface area contributed by atoms with Gasteiger partial charge in [0.1, 0.15) is 6.61 Å². The van der Waals surface area contributed by atoms with E-state index in [9.17, 15) is 4.79 Å². The summed E-state index contributed by atoms with van der Waals surface area (Å²) < 4.78 is 4.75. The van der Waals surface area contributed by atoms with Crippen LogP contribution in [0.4, 0.5) is 4.79 Å². The smallest absolute Gasteiger partial charge is 0.404 e. The van der Waals surface area contributed by atoms with E-state index in [2.05, 4.69) is 22.8 Å². The molecule has 1 unspecified atom stereocenters. The fourth-order valence-electron chi connectivity index (χ4n) is 2.62. The van der Waals surface area contributed by atoms with Crippen molar-refractivity contribution in [3.8, 4) is 0 Å². The highest BCUT2D eigenvalue weighted by molar-refractivity contribution is 7.10. The van der Waals surface area contributed by atoms with Crippen molar-refractivity contribution in [1.82, 2.24) is 5.32 Å². The Kier molecular flexibility index (Phi) is 5.01. The van der Waals surface area contributed by atoms with Crippen LogP contribution in [0, 0.1) is 5.92 Å². The fraction of sp³-hybridized carbons (Fsp3) is 0.615. The molecule has 1 aliphatic rings. The molecule has 1 fully saturated rings. The minimum absolute atomic E-state index is 0.337. The summed E-state index contributed by atoms with van der Waals surface area (Å²) in [5.74, 6) is 0.706. The van der Waals surface area contributed by atoms with Gasteiger partial charge in [-0.25, -0.2) is 4.79 Å². The van der Waals surface area contributed by atoms with Gasteiger partial charge in [-0.3, -0.25) is 0 Å². The van der Waals surface area contributed by atoms with Crippen molar-refractivity contribution in [1.29, 1.82) is 0 Å². The van der Waals surface area contributed by atoms with Crippen molar-refractivity contribution >= 4 is 17.4 Å². The molecule has 100 valence electrons. The van der Waals surface area contributed by atoms with Crippen molar-refractivity contribution in [3.05, 3.63) is 22.4 Å². The first-order chi connectivity index (χ1) is 8.77. The van der Waals surface area contributed by atoms with Crippen molar-refractivity contribution < 1.29 is 9.53 Å². The van der Waals surface area contributed by atoms with Gasteiger partial charge < -0.3 is 15.8 Å². The fourth-order valence-corrected chi connectivity index (χ4v) is 3.52. The molecule has 0 spiro atoms. The van der Waals surface area contributed by atoms with E-state index in [1.54, 1.807) is 11.3 Å². The number of ether oxygens (including phenoxy) is 1. The maximum absolute atomic E-state index is 10.5. The predicted molar refractivity (Wildman–Crippen MR) is 72.6 cm³/mol. The molecule has 1 heterocycles. The Morgan fingerprint density at radius 3 is 2.94 bits per heavy atom. The van der Waals surface area contributed by atoms with Gasteiger partial charge >= 0.3 is 6.09 Å². The summed E-state index contributed by atoms with van der Waals surface area (Å²) in [4.78, 5) is 11.9. The second-order valence-corrected chi connectivity index (χ2v) is 5.64. The van der Waals surface area contributed by atoms with Gasteiger partial charge in [0, 0.05) is 17.5 Å². The molecule has 2 rings (SSSR count). The van der Waals surface area contributed by atoms with Gasteiger partial charge in [-0.2, -0.15) is 0 Å². The highest BCUT2D eigenvalue weighted by atomic mass is 32.1. The number of carbonyl (C=O) groups excluding carboxylic acids is 1. The minimum Gasteiger partial charge on any atom is -0.448 e. The van der Waals surface area contributed by atoms with E-state index in [0.29, 0.717) is 25.1 Å². The minimum atomic E-state index is -0.703. The summed E-state index contributed by atoms with van der Waals surface area (Å²) in [6.07, 6.45) is 4.52. The second kappa shape index (κ2) is 6.75. The molecule has 0 aliphatic heterocycles. The molecule has 0 radical (unpaired) electrons. The van der Waals surface area contributed by atoms with E-state index >= 15 is 0 Å². The second-order valence-electron chi connectivity index (χ2n) is 4.66. The molecule has 0 bridgehead atoms. The summed E-state index contributed by atoms with van der Waals surface area (Å²) in [7, 11) is 0. The van der Waals surface area contributed by atoms with Crippen LogP contribution in [0.15, 0.2) is 17.5 Å². The number of nitrogens with one attached hydrogen (secondary N) is 1. The monoisotopic (exact) mass is 268 g/mol. The van der Waals surface area contributed by atoms with E-state index in [0.717, 1.165) is 0 Å². The Bertz CT molecular complexity index is 361. The van der Waals surface area contributed by atoms with Crippen LogP contribution in [-0.2, 0) is 4.74 Å². The number of thiophene rings is 1. The van der Waals surface area contributed by atoms with Gasteiger partial charge in [0.05, 0.1) is 0 Å². The lowest BCUT2D eigenvalue weighted by Gasteiger charge is -2.23. The van der Waals surface area contributed by atoms with Crippen molar-refractivity contribution in [2.45, 2.75) is 31.7 Å². The number of hydrogen-bond donors (Lipinski definition) is 2. The summed E-state index contributed by atoms with van der Waals surface area (Å²) >= 11 is 1.79. The number of nitrogens with two attached hydrogens (primary N) is 1. The first-order valence-corrected chi connectivity index (χ1v) is 7.34. The third-order valence-electron chi connectivity index (χ3n) is 3.43. The Balaban J connectivity index is 1.86. The van der Waals surface area contributed by atoms with Crippen molar-refractivity contribution in [3.63, 3.8) is 0 Å². The molecule has 0 saturated heterocycles. The van der Waals surface area contributed by atoms with Crippen LogP contribution in [0.1, 0.15) is 36.6 Å². The quantitative estimate of drug-likeness (QED) is 0.780. The molecule has 1 saturated carbocycles. The molecule has 5 heteroatoms. The third kappa shape index (κ3) is 3.71. The van der Waals surface area contributed by atoms with Crippen molar-refractivity contribution in [2.24, 2.45) is 11.7 Å². The first kappa shape index (κ1) is 13.4. The molecule has 1 aliphatic carbocycles. The lowest BCUT2D eigenvalue weighted by molar-refractivity contribution is 0.154. The summed E-state index contributed by atoms with van der Waals surface area (Å²) in [6, 6.07) is 4.66.